The minimum Gasteiger partial charge on any atom is -0.319 e. The number of nitrogens with one attached hydrogen (secondary N) is 1. The van der Waals surface area contributed by atoms with E-state index in [1.54, 1.807) is 53.2 Å². The maximum Gasteiger partial charge on any atom is 0.291 e. The Hall–Kier alpha value is -3.87. The molecule has 7 heteroatoms. The zero-order valence-electron chi connectivity index (χ0n) is 15.2. The van der Waals surface area contributed by atoms with Gasteiger partial charge in [0, 0.05) is 41.5 Å². The largest absolute Gasteiger partial charge is 0.319 e. The average molecular weight is 390 g/mol. The number of hydrogen-bond acceptors (Lipinski definition) is 3. The van der Waals surface area contributed by atoms with Crippen molar-refractivity contribution in [3.8, 4) is 11.3 Å². The van der Waals surface area contributed by atoms with Gasteiger partial charge in [0.25, 0.3) is 11.8 Å². The van der Waals surface area contributed by atoms with Gasteiger partial charge >= 0.3 is 0 Å². The number of hydrogen-bond donors (Lipinski definition) is 1. The standard InChI is InChI=1S/C22H16F2N4O/c1-2-22(23,24)17-6-3-5-16(13-17)19-14-28-12-4-7-18(20(28)26-19)27-21(29)15-8-10-25-11-9-15/h2-14H,1H2,(H,27,29). The third-order valence-corrected chi connectivity index (χ3v) is 4.47. The summed E-state index contributed by atoms with van der Waals surface area (Å²) in [5.74, 6) is -3.42. The summed E-state index contributed by atoms with van der Waals surface area (Å²) in [5, 5.41) is 2.83. The van der Waals surface area contributed by atoms with Gasteiger partial charge in [0.2, 0.25) is 0 Å². The fourth-order valence-electron chi connectivity index (χ4n) is 2.95. The molecule has 0 saturated carbocycles. The second-order valence-corrected chi connectivity index (χ2v) is 6.38. The van der Waals surface area contributed by atoms with E-state index < -0.39 is 5.92 Å². The fraction of sp³-hybridized carbons (Fsp3) is 0.0455. The summed E-state index contributed by atoms with van der Waals surface area (Å²) >= 11 is 0. The summed E-state index contributed by atoms with van der Waals surface area (Å²) in [6.45, 7) is 3.20. The number of benzene rings is 1. The molecule has 29 heavy (non-hydrogen) atoms. The number of amides is 1. The molecule has 5 nitrogen and oxygen atoms in total. The van der Waals surface area contributed by atoms with Crippen LogP contribution in [0.4, 0.5) is 14.5 Å². The predicted molar refractivity (Wildman–Crippen MR) is 107 cm³/mol. The van der Waals surface area contributed by atoms with Gasteiger partial charge in [-0.1, -0.05) is 24.8 Å². The number of imidazole rings is 1. The molecule has 0 aliphatic rings. The number of fused-ring (bicyclic) bond motifs is 1. The first-order valence-electron chi connectivity index (χ1n) is 8.79. The van der Waals surface area contributed by atoms with Crippen molar-refractivity contribution >= 4 is 17.2 Å². The van der Waals surface area contributed by atoms with Crippen molar-refractivity contribution in [2.45, 2.75) is 5.92 Å². The fourth-order valence-corrected chi connectivity index (χ4v) is 2.95. The third-order valence-electron chi connectivity index (χ3n) is 4.47. The summed E-state index contributed by atoms with van der Waals surface area (Å²) in [7, 11) is 0. The quantitative estimate of drug-likeness (QED) is 0.492. The summed E-state index contributed by atoms with van der Waals surface area (Å²) < 4.78 is 29.6. The van der Waals surface area contributed by atoms with E-state index in [0.717, 1.165) is 0 Å². The number of alkyl halides is 2. The molecule has 0 radical (unpaired) electrons. The second kappa shape index (κ2) is 7.27. The van der Waals surface area contributed by atoms with Crippen LogP contribution in [-0.4, -0.2) is 20.3 Å². The lowest BCUT2D eigenvalue weighted by molar-refractivity contribution is 0.0526. The lowest BCUT2D eigenvalue weighted by Crippen LogP contribution is -2.12. The Morgan fingerprint density at radius 3 is 2.69 bits per heavy atom. The van der Waals surface area contributed by atoms with E-state index in [1.807, 2.05) is 0 Å². The van der Waals surface area contributed by atoms with Gasteiger partial charge in [-0.3, -0.25) is 9.78 Å². The zero-order chi connectivity index (χ0) is 20.4. The first kappa shape index (κ1) is 18.5. The van der Waals surface area contributed by atoms with Crippen LogP contribution < -0.4 is 5.32 Å². The summed E-state index contributed by atoms with van der Waals surface area (Å²) in [5.41, 5.74) is 2.37. The van der Waals surface area contributed by atoms with Gasteiger partial charge in [0.05, 0.1) is 11.4 Å². The SMILES string of the molecule is C=CC(F)(F)c1cccc(-c2cn3cccc(NC(=O)c4ccncc4)c3n2)c1. The molecule has 1 N–H and O–H groups in total. The van der Waals surface area contributed by atoms with E-state index in [0.29, 0.717) is 34.2 Å². The molecule has 0 atom stereocenters. The number of nitrogens with zero attached hydrogens (tertiary/aromatic N) is 3. The highest BCUT2D eigenvalue weighted by molar-refractivity contribution is 6.05. The van der Waals surface area contributed by atoms with Crippen LogP contribution in [0.2, 0.25) is 0 Å². The maximum atomic E-state index is 14.0. The maximum absolute atomic E-state index is 14.0. The molecule has 4 rings (SSSR count). The molecule has 144 valence electrons. The molecule has 0 fully saturated rings. The van der Waals surface area contributed by atoms with E-state index >= 15 is 0 Å². The van der Waals surface area contributed by atoms with Gasteiger partial charge in [-0.15, -0.1) is 0 Å². The highest BCUT2D eigenvalue weighted by Crippen LogP contribution is 2.32. The molecule has 0 unspecified atom stereocenters. The molecule has 0 bridgehead atoms. The molecule has 3 aromatic heterocycles. The van der Waals surface area contributed by atoms with Crippen LogP contribution in [0, 0.1) is 0 Å². The van der Waals surface area contributed by atoms with Gasteiger partial charge in [-0.05, 0) is 36.4 Å². The Kier molecular flexibility index (Phi) is 4.64. The molecule has 3 heterocycles. The Morgan fingerprint density at radius 2 is 1.93 bits per heavy atom. The van der Waals surface area contributed by atoms with Crippen LogP contribution in [0.15, 0.2) is 86.0 Å². The lowest BCUT2D eigenvalue weighted by Gasteiger charge is -2.12. The number of allylic oxidation sites excluding steroid dienone is 1. The highest BCUT2D eigenvalue weighted by atomic mass is 19.3. The van der Waals surface area contributed by atoms with Crippen molar-refractivity contribution < 1.29 is 13.6 Å². The number of halogens is 2. The molecule has 0 saturated heterocycles. The normalized spacial score (nSPS) is 11.4. The highest BCUT2D eigenvalue weighted by Gasteiger charge is 2.27. The van der Waals surface area contributed by atoms with Crippen molar-refractivity contribution in [1.82, 2.24) is 14.4 Å². The molecule has 4 aromatic rings. The monoisotopic (exact) mass is 390 g/mol. The van der Waals surface area contributed by atoms with Crippen LogP contribution in [0.5, 0.6) is 0 Å². The van der Waals surface area contributed by atoms with E-state index in [1.165, 1.54) is 24.5 Å². The molecular weight excluding hydrogens is 374 g/mol. The van der Waals surface area contributed by atoms with Crippen molar-refractivity contribution in [2.75, 3.05) is 5.32 Å². The minimum absolute atomic E-state index is 0.159. The number of carbonyl (C=O) groups excluding carboxylic acids is 1. The van der Waals surface area contributed by atoms with Gasteiger partial charge in [-0.25, -0.2) is 4.98 Å². The van der Waals surface area contributed by atoms with Crippen molar-refractivity contribution in [2.24, 2.45) is 0 Å². The first-order valence-corrected chi connectivity index (χ1v) is 8.79. The van der Waals surface area contributed by atoms with Gasteiger partial charge in [-0.2, -0.15) is 8.78 Å². The van der Waals surface area contributed by atoms with Crippen LogP contribution in [0.25, 0.3) is 16.9 Å². The van der Waals surface area contributed by atoms with E-state index in [9.17, 15) is 13.6 Å². The van der Waals surface area contributed by atoms with E-state index in [-0.39, 0.29) is 11.5 Å². The van der Waals surface area contributed by atoms with Crippen molar-refractivity contribution in [3.05, 3.63) is 97.1 Å². The van der Waals surface area contributed by atoms with Gasteiger partial charge in [0.15, 0.2) is 5.65 Å². The number of aromatic nitrogens is 3. The lowest BCUT2D eigenvalue weighted by atomic mass is 10.0. The number of anilines is 1. The molecule has 0 spiro atoms. The Bertz CT molecular complexity index is 1200. The van der Waals surface area contributed by atoms with Crippen LogP contribution >= 0.6 is 0 Å². The molecule has 0 aliphatic carbocycles. The average Bonchev–Trinajstić information content (AvgIpc) is 3.20. The van der Waals surface area contributed by atoms with E-state index in [2.05, 4.69) is 21.9 Å². The summed E-state index contributed by atoms with van der Waals surface area (Å²) in [4.78, 5) is 20.9. The minimum atomic E-state index is -3.13. The van der Waals surface area contributed by atoms with Gasteiger partial charge < -0.3 is 9.72 Å². The van der Waals surface area contributed by atoms with Gasteiger partial charge in [0.1, 0.15) is 0 Å². The number of carbonyl (C=O) groups is 1. The first-order chi connectivity index (χ1) is 14.0. The van der Waals surface area contributed by atoms with Crippen molar-refractivity contribution in [3.63, 3.8) is 0 Å². The third kappa shape index (κ3) is 3.62. The Morgan fingerprint density at radius 1 is 1.14 bits per heavy atom. The van der Waals surface area contributed by atoms with Crippen LogP contribution in [0.1, 0.15) is 15.9 Å². The zero-order valence-corrected chi connectivity index (χ0v) is 15.2. The summed E-state index contributed by atoms with van der Waals surface area (Å²) in [6.07, 6.45) is 7.19. The summed E-state index contributed by atoms with van der Waals surface area (Å²) in [6, 6.07) is 12.7. The smallest absolute Gasteiger partial charge is 0.291 e. The molecule has 0 aliphatic heterocycles. The topological polar surface area (TPSA) is 59.3 Å². The van der Waals surface area contributed by atoms with Crippen LogP contribution in [0.3, 0.4) is 0 Å². The Balaban J connectivity index is 1.71. The molecule has 1 aromatic carbocycles. The Labute approximate surface area is 165 Å². The number of rotatable bonds is 5. The second-order valence-electron chi connectivity index (χ2n) is 6.38. The van der Waals surface area contributed by atoms with E-state index in [4.69, 9.17) is 0 Å². The number of pyridine rings is 2. The predicted octanol–water partition coefficient (Wildman–Crippen LogP) is 4.93. The molecule has 1 amide bonds. The van der Waals surface area contributed by atoms with Crippen LogP contribution in [-0.2, 0) is 5.92 Å². The van der Waals surface area contributed by atoms with Crippen molar-refractivity contribution in [1.29, 1.82) is 0 Å². The molecular formula is C22H16F2N4O.